The van der Waals surface area contributed by atoms with Crippen LogP contribution in [0.5, 0.6) is 0 Å². The molecule has 92 valence electrons. The lowest BCUT2D eigenvalue weighted by Gasteiger charge is -2.46. The zero-order valence-corrected chi connectivity index (χ0v) is 11.3. The molecule has 0 bridgehead atoms. The number of anilines is 1. The molecule has 0 radical (unpaired) electrons. The summed E-state index contributed by atoms with van der Waals surface area (Å²) in [5.41, 5.74) is 2.27. The Morgan fingerprint density at radius 1 is 1.17 bits per heavy atom. The Morgan fingerprint density at radius 3 is 2.61 bits per heavy atom. The van der Waals surface area contributed by atoms with Crippen LogP contribution in [0, 0.1) is 0 Å². The fraction of sp³-hybridized carbons (Fsp3) is 0.267. The Bertz CT molecular complexity index is 521. The average molecular weight is 257 g/mol. The van der Waals surface area contributed by atoms with Gasteiger partial charge >= 0.3 is 0 Å². The molecule has 3 rings (SSSR count). The zero-order valence-electron chi connectivity index (χ0n) is 10.1. The predicted octanol–water partition coefficient (Wildman–Crippen LogP) is 2.92. The minimum Gasteiger partial charge on any atom is -0.303 e. The SMILES string of the molecule is O=C1C(P)C(C2=CCCC=C2)N1c1ccccc1. The van der Waals surface area contributed by atoms with Gasteiger partial charge in [-0.2, -0.15) is 0 Å². The van der Waals surface area contributed by atoms with Crippen molar-refractivity contribution in [2.45, 2.75) is 24.5 Å². The van der Waals surface area contributed by atoms with E-state index >= 15 is 0 Å². The minimum atomic E-state index is 0.0132. The second-order valence-electron chi connectivity index (χ2n) is 4.70. The van der Waals surface area contributed by atoms with Crippen LogP contribution < -0.4 is 4.90 Å². The molecule has 18 heavy (non-hydrogen) atoms. The third kappa shape index (κ3) is 1.81. The third-order valence-electron chi connectivity index (χ3n) is 3.54. The molecule has 3 heteroatoms. The standard InChI is InChI=1S/C15H16NOP/c17-15-14(18)13(11-7-3-1-4-8-11)16(15)12-9-5-2-6-10-12/h2-3,5-10,13-14H,1,4,18H2. The van der Waals surface area contributed by atoms with Crippen LogP contribution in [0.4, 0.5) is 5.69 Å². The number of carbonyl (C=O) groups is 1. The smallest absolute Gasteiger partial charge is 0.236 e. The highest BCUT2D eigenvalue weighted by Gasteiger charge is 2.46. The van der Waals surface area contributed by atoms with Crippen LogP contribution in [-0.2, 0) is 4.79 Å². The monoisotopic (exact) mass is 257 g/mol. The zero-order chi connectivity index (χ0) is 12.5. The first-order valence-corrected chi connectivity index (χ1v) is 6.96. The van der Waals surface area contributed by atoms with E-state index in [0.29, 0.717) is 0 Å². The molecule has 2 aliphatic rings. The highest BCUT2D eigenvalue weighted by Crippen LogP contribution is 2.37. The number of nitrogens with zero attached hydrogens (tertiary/aromatic N) is 1. The Labute approximate surface area is 110 Å². The number of para-hydroxylation sites is 1. The Morgan fingerprint density at radius 2 is 1.94 bits per heavy atom. The second-order valence-corrected chi connectivity index (χ2v) is 5.42. The van der Waals surface area contributed by atoms with Crippen molar-refractivity contribution in [3.63, 3.8) is 0 Å². The summed E-state index contributed by atoms with van der Waals surface area (Å²) in [6.45, 7) is 0. The van der Waals surface area contributed by atoms with Gasteiger partial charge in [-0.3, -0.25) is 4.79 Å². The number of hydrogen-bond acceptors (Lipinski definition) is 1. The van der Waals surface area contributed by atoms with E-state index in [1.54, 1.807) is 0 Å². The first-order chi connectivity index (χ1) is 8.79. The van der Waals surface area contributed by atoms with Crippen LogP contribution in [0.25, 0.3) is 0 Å². The highest BCUT2D eigenvalue weighted by atomic mass is 31.0. The van der Waals surface area contributed by atoms with Gasteiger partial charge in [-0.05, 0) is 30.5 Å². The van der Waals surface area contributed by atoms with Crippen molar-refractivity contribution < 1.29 is 4.79 Å². The molecule has 2 nitrogen and oxygen atoms in total. The summed E-state index contributed by atoms with van der Waals surface area (Å²) in [6, 6.07) is 10.1. The highest BCUT2D eigenvalue weighted by molar-refractivity contribution is 7.20. The van der Waals surface area contributed by atoms with E-state index in [0.717, 1.165) is 18.5 Å². The number of allylic oxidation sites excluding steroid dienone is 2. The molecule has 1 aliphatic heterocycles. The van der Waals surface area contributed by atoms with E-state index in [1.165, 1.54) is 5.57 Å². The maximum Gasteiger partial charge on any atom is 0.236 e. The number of benzene rings is 1. The van der Waals surface area contributed by atoms with Gasteiger partial charge in [0.1, 0.15) is 0 Å². The molecule has 3 unspecified atom stereocenters. The first kappa shape index (κ1) is 11.7. The van der Waals surface area contributed by atoms with E-state index in [-0.39, 0.29) is 17.6 Å². The lowest BCUT2D eigenvalue weighted by Crippen LogP contribution is -2.63. The molecule has 1 fully saturated rings. The molecule has 1 amide bonds. The van der Waals surface area contributed by atoms with Gasteiger partial charge in [0, 0.05) is 5.69 Å². The van der Waals surface area contributed by atoms with Gasteiger partial charge in [-0.1, -0.05) is 36.4 Å². The summed E-state index contributed by atoms with van der Waals surface area (Å²) in [4.78, 5) is 14.0. The summed E-state index contributed by atoms with van der Waals surface area (Å²) in [6.07, 6.45) is 8.80. The van der Waals surface area contributed by atoms with E-state index in [9.17, 15) is 4.79 Å². The van der Waals surface area contributed by atoms with Crippen molar-refractivity contribution in [2.24, 2.45) is 0 Å². The molecule has 1 saturated heterocycles. The van der Waals surface area contributed by atoms with E-state index in [1.807, 2.05) is 35.2 Å². The molecule has 0 spiro atoms. The Hall–Kier alpha value is -1.40. The van der Waals surface area contributed by atoms with Gasteiger partial charge in [0.25, 0.3) is 0 Å². The number of hydrogen-bond donors (Lipinski definition) is 0. The first-order valence-electron chi connectivity index (χ1n) is 6.29. The van der Waals surface area contributed by atoms with Crippen molar-refractivity contribution >= 4 is 20.8 Å². The number of carbonyl (C=O) groups excluding carboxylic acids is 1. The summed E-state index contributed by atoms with van der Waals surface area (Å²) in [5.74, 6) is 0.191. The Kier molecular flexibility index (Phi) is 3.05. The van der Waals surface area contributed by atoms with Crippen molar-refractivity contribution in [1.82, 2.24) is 0 Å². The van der Waals surface area contributed by atoms with Crippen molar-refractivity contribution in [3.8, 4) is 0 Å². The minimum absolute atomic E-state index is 0.0132. The van der Waals surface area contributed by atoms with Crippen LogP contribution in [-0.4, -0.2) is 17.6 Å². The largest absolute Gasteiger partial charge is 0.303 e. The molecule has 1 aromatic carbocycles. The summed E-state index contributed by atoms with van der Waals surface area (Å²) in [5, 5.41) is 0. The molecular formula is C15H16NOP. The molecular weight excluding hydrogens is 241 g/mol. The third-order valence-corrected chi connectivity index (χ3v) is 4.19. The molecule has 0 saturated carbocycles. The molecule has 3 atom stereocenters. The fourth-order valence-corrected chi connectivity index (χ4v) is 3.15. The fourth-order valence-electron chi connectivity index (χ4n) is 2.60. The maximum absolute atomic E-state index is 12.1. The van der Waals surface area contributed by atoms with Gasteiger partial charge in [-0.25, -0.2) is 0 Å². The molecule has 0 N–H and O–H groups in total. The van der Waals surface area contributed by atoms with Crippen LogP contribution in [0.1, 0.15) is 12.8 Å². The van der Waals surface area contributed by atoms with Gasteiger partial charge < -0.3 is 4.90 Å². The van der Waals surface area contributed by atoms with Crippen molar-refractivity contribution in [3.05, 3.63) is 54.1 Å². The van der Waals surface area contributed by atoms with Gasteiger partial charge in [-0.15, -0.1) is 9.24 Å². The number of β-lactam (4-membered cyclic amide) rings is 1. The van der Waals surface area contributed by atoms with Crippen LogP contribution in [0.3, 0.4) is 0 Å². The lowest BCUT2D eigenvalue weighted by atomic mass is 9.89. The number of rotatable bonds is 2. The average Bonchev–Trinajstić information content (AvgIpc) is 2.45. The van der Waals surface area contributed by atoms with E-state index in [2.05, 4.69) is 27.5 Å². The second kappa shape index (κ2) is 4.70. The number of amides is 1. The van der Waals surface area contributed by atoms with Crippen molar-refractivity contribution in [2.75, 3.05) is 4.90 Å². The van der Waals surface area contributed by atoms with Crippen LogP contribution in [0.15, 0.2) is 54.1 Å². The molecule has 1 aromatic rings. The Balaban J connectivity index is 1.91. The molecule has 0 aromatic heterocycles. The van der Waals surface area contributed by atoms with Gasteiger partial charge in [0.05, 0.1) is 11.7 Å². The topological polar surface area (TPSA) is 20.3 Å². The van der Waals surface area contributed by atoms with Gasteiger partial charge in [0.2, 0.25) is 5.91 Å². The summed E-state index contributed by atoms with van der Waals surface area (Å²) >= 11 is 0. The van der Waals surface area contributed by atoms with E-state index < -0.39 is 0 Å². The quantitative estimate of drug-likeness (QED) is 0.589. The van der Waals surface area contributed by atoms with Crippen molar-refractivity contribution in [1.29, 1.82) is 0 Å². The molecule has 1 aliphatic carbocycles. The predicted molar refractivity (Wildman–Crippen MR) is 77.7 cm³/mol. The van der Waals surface area contributed by atoms with Crippen LogP contribution >= 0.6 is 9.24 Å². The van der Waals surface area contributed by atoms with Crippen LogP contribution in [0.2, 0.25) is 0 Å². The lowest BCUT2D eigenvalue weighted by molar-refractivity contribution is -0.122. The normalized spacial score (nSPS) is 26.8. The summed E-state index contributed by atoms with van der Waals surface area (Å²) < 4.78 is 0. The molecule has 1 heterocycles. The maximum atomic E-state index is 12.1. The van der Waals surface area contributed by atoms with E-state index in [4.69, 9.17) is 0 Å². The van der Waals surface area contributed by atoms with Gasteiger partial charge in [0.15, 0.2) is 0 Å². The summed E-state index contributed by atoms with van der Waals surface area (Å²) in [7, 11) is 2.68.